The first-order chi connectivity index (χ1) is 20.2. The van der Waals surface area contributed by atoms with Crippen LogP contribution in [0.1, 0.15) is 67.3 Å². The topological polar surface area (TPSA) is 99.6 Å². The highest BCUT2D eigenvalue weighted by Crippen LogP contribution is 2.35. The number of hydrogen-bond donors (Lipinski definition) is 1. The van der Waals surface area contributed by atoms with Gasteiger partial charge in [0.15, 0.2) is 11.5 Å². The third-order valence-electron chi connectivity index (χ3n) is 9.26. The number of urea groups is 1. The van der Waals surface area contributed by atoms with Gasteiger partial charge in [0.2, 0.25) is 5.91 Å². The Morgan fingerprint density at radius 1 is 1.05 bits per heavy atom. The van der Waals surface area contributed by atoms with Crippen molar-refractivity contribution in [3.63, 3.8) is 0 Å². The fourth-order valence-corrected chi connectivity index (χ4v) is 6.65. The summed E-state index contributed by atoms with van der Waals surface area (Å²) in [6.07, 6.45) is 6.87. The predicted octanol–water partition coefficient (Wildman–Crippen LogP) is 4.91. The van der Waals surface area contributed by atoms with Crippen LogP contribution in [0.3, 0.4) is 0 Å². The van der Waals surface area contributed by atoms with E-state index in [1.54, 1.807) is 14.2 Å². The molecule has 9 nitrogen and oxygen atoms in total. The van der Waals surface area contributed by atoms with E-state index in [9.17, 15) is 19.5 Å². The van der Waals surface area contributed by atoms with Crippen LogP contribution >= 0.6 is 0 Å². The molecule has 1 atom stereocenters. The lowest BCUT2D eigenvalue weighted by Gasteiger charge is -2.35. The van der Waals surface area contributed by atoms with E-state index in [1.807, 2.05) is 18.2 Å². The molecule has 42 heavy (non-hydrogen) atoms. The summed E-state index contributed by atoms with van der Waals surface area (Å²) in [6.45, 7) is 4.35. The molecule has 1 aliphatic heterocycles. The fraction of sp³-hybridized carbons (Fsp3) is 0.545. The number of likely N-dealkylation sites (N-methyl/N-ethyl adjacent to an activating group) is 1. The van der Waals surface area contributed by atoms with E-state index in [1.165, 1.54) is 32.9 Å². The quantitative estimate of drug-likeness (QED) is 0.358. The summed E-state index contributed by atoms with van der Waals surface area (Å²) in [7, 11) is 3.22. The summed E-state index contributed by atoms with van der Waals surface area (Å²) in [5.74, 6) is 0.523. The van der Waals surface area contributed by atoms with Gasteiger partial charge in [0.05, 0.1) is 19.6 Å². The van der Waals surface area contributed by atoms with Crippen molar-refractivity contribution in [1.29, 1.82) is 0 Å². The van der Waals surface area contributed by atoms with Crippen LogP contribution < -0.4 is 9.47 Å². The average Bonchev–Trinajstić information content (AvgIpc) is 3.56. The summed E-state index contributed by atoms with van der Waals surface area (Å²) < 4.78 is 11.6. The number of carbonyl (C=O) groups excluding carboxylic acids is 2. The fourth-order valence-electron chi connectivity index (χ4n) is 6.65. The van der Waals surface area contributed by atoms with Gasteiger partial charge in [-0.25, -0.2) is 4.79 Å². The molecule has 9 heteroatoms. The molecule has 0 radical (unpaired) electrons. The third-order valence-corrected chi connectivity index (χ3v) is 9.26. The second kappa shape index (κ2) is 13.2. The molecule has 3 aliphatic rings. The molecule has 0 bridgehead atoms. The van der Waals surface area contributed by atoms with Gasteiger partial charge < -0.3 is 19.5 Å². The monoisotopic (exact) mass is 577 g/mol. The lowest BCUT2D eigenvalue weighted by molar-refractivity contribution is -0.143. The standard InChI is InChI=1S/C33H43N3O6/c1-22(27-13-12-25-5-4-6-28(25)18-27)35(19-23-7-10-26(11-8-23)32(38)39)20-24-9-14-29(30(17-24)41-3)42-16-15-36-31(37)21-34(2)33(36)40/h9,12-14,17-18,22-23,26H,4-8,10-11,15-16,19-21H2,1-3H3,(H,38,39). The van der Waals surface area contributed by atoms with Gasteiger partial charge in [-0.3, -0.25) is 19.4 Å². The molecule has 1 saturated carbocycles. The number of aryl methyl sites for hydroxylation is 2. The molecular weight excluding hydrogens is 534 g/mol. The molecule has 2 aromatic rings. The van der Waals surface area contributed by atoms with Crippen molar-refractivity contribution in [2.45, 2.75) is 64.5 Å². The van der Waals surface area contributed by atoms with E-state index in [2.05, 4.69) is 30.0 Å². The lowest BCUT2D eigenvalue weighted by atomic mass is 9.81. The highest BCUT2D eigenvalue weighted by molar-refractivity contribution is 6.01. The smallest absolute Gasteiger partial charge is 0.327 e. The largest absolute Gasteiger partial charge is 0.493 e. The van der Waals surface area contributed by atoms with Crippen molar-refractivity contribution < 1.29 is 29.0 Å². The average molecular weight is 578 g/mol. The van der Waals surface area contributed by atoms with Crippen LogP contribution in [-0.2, 0) is 29.0 Å². The van der Waals surface area contributed by atoms with E-state index in [4.69, 9.17) is 9.47 Å². The number of benzene rings is 2. The summed E-state index contributed by atoms with van der Waals surface area (Å²) in [5.41, 5.74) is 5.35. The SMILES string of the molecule is COc1cc(CN(CC2CCC(C(=O)O)CC2)C(C)c2ccc3c(c2)CCC3)ccc1OCCN1C(=O)CN(C)C1=O. The minimum absolute atomic E-state index is 0.0955. The van der Waals surface area contributed by atoms with Crippen LogP contribution in [0.25, 0.3) is 0 Å². The molecule has 5 rings (SSSR count). The number of carbonyl (C=O) groups is 3. The van der Waals surface area contributed by atoms with Crippen LogP contribution in [-0.4, -0.2) is 78.1 Å². The summed E-state index contributed by atoms with van der Waals surface area (Å²) in [6, 6.07) is 12.8. The zero-order valence-electron chi connectivity index (χ0n) is 25.0. The maximum atomic E-state index is 12.2. The van der Waals surface area contributed by atoms with Gasteiger partial charge in [0.25, 0.3) is 0 Å². The molecule has 1 heterocycles. The number of hydrogen-bond acceptors (Lipinski definition) is 6. The molecule has 0 spiro atoms. The van der Waals surface area contributed by atoms with Crippen LogP contribution in [0.4, 0.5) is 4.79 Å². The van der Waals surface area contributed by atoms with Crippen molar-refractivity contribution in [3.8, 4) is 11.5 Å². The van der Waals surface area contributed by atoms with E-state index in [0.29, 0.717) is 17.4 Å². The van der Waals surface area contributed by atoms with Gasteiger partial charge in [-0.2, -0.15) is 0 Å². The van der Waals surface area contributed by atoms with Gasteiger partial charge >= 0.3 is 12.0 Å². The Labute approximate surface area is 248 Å². The van der Waals surface area contributed by atoms with Gasteiger partial charge in [-0.15, -0.1) is 0 Å². The lowest BCUT2D eigenvalue weighted by Crippen LogP contribution is -2.35. The Balaban J connectivity index is 1.28. The van der Waals surface area contributed by atoms with E-state index in [-0.39, 0.29) is 43.6 Å². The van der Waals surface area contributed by atoms with E-state index < -0.39 is 5.97 Å². The first-order valence-corrected chi connectivity index (χ1v) is 15.2. The third kappa shape index (κ3) is 6.72. The molecular formula is C33H43N3O6. The number of rotatable bonds is 12. The number of ether oxygens (including phenoxy) is 2. The number of imide groups is 1. The second-order valence-electron chi connectivity index (χ2n) is 12.1. The second-order valence-corrected chi connectivity index (χ2v) is 12.1. The number of amides is 3. The zero-order chi connectivity index (χ0) is 29.8. The normalized spacial score (nSPS) is 21.1. The van der Waals surface area contributed by atoms with Crippen molar-refractivity contribution in [2.75, 3.05) is 40.4 Å². The number of carboxylic acids is 1. The minimum Gasteiger partial charge on any atom is -0.493 e. The Morgan fingerprint density at radius 2 is 1.81 bits per heavy atom. The number of methoxy groups -OCH3 is 1. The molecule has 3 amide bonds. The van der Waals surface area contributed by atoms with Gasteiger partial charge in [0.1, 0.15) is 13.2 Å². The van der Waals surface area contributed by atoms with Crippen molar-refractivity contribution in [3.05, 3.63) is 58.7 Å². The Morgan fingerprint density at radius 3 is 2.50 bits per heavy atom. The van der Waals surface area contributed by atoms with E-state index >= 15 is 0 Å². The molecule has 2 fully saturated rings. The molecule has 0 aromatic heterocycles. The maximum absolute atomic E-state index is 12.2. The molecule has 2 aromatic carbocycles. The van der Waals surface area contributed by atoms with Crippen LogP contribution in [0, 0.1) is 11.8 Å². The Hall–Kier alpha value is -3.59. The summed E-state index contributed by atoms with van der Waals surface area (Å²) >= 11 is 0. The van der Waals surface area contributed by atoms with Gasteiger partial charge in [-0.1, -0.05) is 24.3 Å². The number of nitrogens with zero attached hydrogens (tertiary/aromatic N) is 3. The molecule has 2 aliphatic carbocycles. The van der Waals surface area contributed by atoms with Crippen LogP contribution in [0.2, 0.25) is 0 Å². The highest BCUT2D eigenvalue weighted by Gasteiger charge is 2.33. The molecule has 226 valence electrons. The minimum atomic E-state index is -0.669. The summed E-state index contributed by atoms with van der Waals surface area (Å²) in [4.78, 5) is 40.8. The maximum Gasteiger partial charge on any atom is 0.327 e. The molecule has 1 N–H and O–H groups in total. The predicted molar refractivity (Wildman–Crippen MR) is 159 cm³/mol. The zero-order valence-corrected chi connectivity index (χ0v) is 25.0. The first-order valence-electron chi connectivity index (χ1n) is 15.2. The van der Waals surface area contributed by atoms with Crippen LogP contribution in [0.5, 0.6) is 11.5 Å². The Kier molecular flexibility index (Phi) is 9.36. The number of aliphatic carboxylic acids is 1. The van der Waals surface area contributed by atoms with Crippen LogP contribution in [0.15, 0.2) is 36.4 Å². The first kappa shape index (κ1) is 29.9. The van der Waals surface area contributed by atoms with Crippen molar-refractivity contribution in [1.82, 2.24) is 14.7 Å². The van der Waals surface area contributed by atoms with Gasteiger partial charge in [0, 0.05) is 26.2 Å². The molecule has 1 unspecified atom stereocenters. The Bertz CT molecular complexity index is 1300. The van der Waals surface area contributed by atoms with Crippen molar-refractivity contribution in [2.24, 2.45) is 11.8 Å². The van der Waals surface area contributed by atoms with Crippen molar-refractivity contribution >= 4 is 17.9 Å². The summed E-state index contributed by atoms with van der Waals surface area (Å²) in [5, 5.41) is 9.46. The highest BCUT2D eigenvalue weighted by atomic mass is 16.5. The number of carboxylic acid groups (broad SMARTS) is 1. The van der Waals surface area contributed by atoms with Gasteiger partial charge in [-0.05, 0) is 92.2 Å². The van der Waals surface area contributed by atoms with E-state index in [0.717, 1.165) is 57.2 Å². The number of fused-ring (bicyclic) bond motifs is 1. The molecule has 1 saturated heterocycles.